The highest BCUT2D eigenvalue weighted by Crippen LogP contribution is 2.62. The number of amides is 1. The number of aliphatic hydroxyl groups is 1. The van der Waals surface area contributed by atoms with E-state index in [1.54, 1.807) is 30.3 Å². The fourth-order valence-electron chi connectivity index (χ4n) is 7.01. The molecule has 2 saturated carbocycles. The van der Waals surface area contributed by atoms with Gasteiger partial charge in [0.25, 0.3) is 15.9 Å². The number of alkyl halides is 3. The molecule has 1 atom stereocenters. The Labute approximate surface area is 264 Å². The Morgan fingerprint density at radius 2 is 1.63 bits per heavy atom. The van der Waals surface area contributed by atoms with Crippen LogP contribution in [0.5, 0.6) is 5.75 Å². The van der Waals surface area contributed by atoms with E-state index in [1.807, 2.05) is 0 Å². The summed E-state index contributed by atoms with van der Waals surface area (Å²) in [5.41, 5.74) is -2.54. The molecular weight excluding hydrogens is 625 g/mol. The average molecular weight is 659 g/mol. The molecular formula is C33H33F3N2O7S. The molecule has 9 nitrogen and oxygen atoms in total. The average Bonchev–Trinajstić information content (AvgIpc) is 3.84. The normalized spacial score (nSPS) is 24.4. The highest BCUT2D eigenvalue weighted by Gasteiger charge is 2.65. The van der Waals surface area contributed by atoms with Crippen LogP contribution < -0.4 is 14.4 Å². The van der Waals surface area contributed by atoms with E-state index in [-0.39, 0.29) is 34.8 Å². The Bertz CT molecular complexity index is 1800. The molecule has 1 aliphatic heterocycles. The van der Waals surface area contributed by atoms with Crippen LogP contribution in [0.25, 0.3) is 0 Å². The summed E-state index contributed by atoms with van der Waals surface area (Å²) in [5.74, 6) is -0.938. The van der Waals surface area contributed by atoms with Gasteiger partial charge in [-0.2, -0.15) is 13.2 Å². The van der Waals surface area contributed by atoms with Crippen LogP contribution in [0.2, 0.25) is 0 Å². The molecule has 0 aromatic heterocycles. The van der Waals surface area contributed by atoms with E-state index in [0.717, 1.165) is 0 Å². The van der Waals surface area contributed by atoms with Crippen molar-refractivity contribution < 1.29 is 45.8 Å². The highest BCUT2D eigenvalue weighted by molar-refractivity contribution is 7.93. The number of hydrogen-bond donors (Lipinski definition) is 2. The van der Waals surface area contributed by atoms with E-state index >= 15 is 0 Å². The van der Waals surface area contributed by atoms with Gasteiger partial charge in [-0.1, -0.05) is 12.1 Å². The number of methoxy groups -OCH3 is 2. The van der Waals surface area contributed by atoms with Crippen molar-refractivity contribution in [1.82, 2.24) is 0 Å². The molecule has 3 aliphatic rings. The fraction of sp³-hybridized carbons (Fsp3) is 0.394. The van der Waals surface area contributed by atoms with E-state index in [0.29, 0.717) is 35.5 Å². The third-order valence-electron chi connectivity index (χ3n) is 9.56. The van der Waals surface area contributed by atoms with Crippen LogP contribution in [0.4, 0.5) is 24.5 Å². The summed E-state index contributed by atoms with van der Waals surface area (Å²) in [4.78, 5) is 25.5. The van der Waals surface area contributed by atoms with Gasteiger partial charge in [0, 0.05) is 22.7 Å². The first-order valence-electron chi connectivity index (χ1n) is 14.9. The predicted molar refractivity (Wildman–Crippen MR) is 162 cm³/mol. The number of ether oxygens (including phenoxy) is 2. The molecule has 0 saturated heterocycles. The van der Waals surface area contributed by atoms with E-state index in [4.69, 9.17) is 9.47 Å². The third-order valence-corrected chi connectivity index (χ3v) is 11.3. The Morgan fingerprint density at radius 1 is 0.935 bits per heavy atom. The van der Waals surface area contributed by atoms with Crippen molar-refractivity contribution >= 4 is 33.3 Å². The van der Waals surface area contributed by atoms with Crippen molar-refractivity contribution in [1.29, 1.82) is 0 Å². The standard InChI is InChI=1S/C33H33F3N2O7S/c1-44-24-7-4-8-25(19-24)46(42,43)38-27-12-11-21(29(39)37-23-6-3-5-22(17-23)30(40)45-2)18-26(27)31(28(38)20-9-10-20)13-15-32(41,16-14-31)33(34,35)36/h3-8,11-12,17-20,28,41H,9-10,13-16H2,1-2H3,(H,37,39). The lowest BCUT2D eigenvalue weighted by molar-refractivity contribution is -0.273. The first-order chi connectivity index (χ1) is 21.7. The largest absolute Gasteiger partial charge is 0.497 e. The van der Waals surface area contributed by atoms with E-state index < -0.39 is 58.0 Å². The lowest BCUT2D eigenvalue weighted by Gasteiger charge is -2.47. The van der Waals surface area contributed by atoms with E-state index in [2.05, 4.69) is 5.32 Å². The SMILES string of the molecule is COC(=O)c1cccc(NC(=O)c2ccc3c(c2)C2(CCC(O)(C(F)(F)F)CC2)C(C2CC2)N3S(=O)(=O)c2cccc(OC)c2)c1. The van der Waals surface area contributed by atoms with Crippen molar-refractivity contribution in [2.24, 2.45) is 5.92 Å². The van der Waals surface area contributed by atoms with Gasteiger partial charge in [-0.25, -0.2) is 13.2 Å². The predicted octanol–water partition coefficient (Wildman–Crippen LogP) is 5.83. The molecule has 1 unspecified atom stereocenters. The van der Waals surface area contributed by atoms with Crippen LogP contribution in [0, 0.1) is 5.92 Å². The van der Waals surface area contributed by atoms with Crippen molar-refractivity contribution in [3.8, 4) is 5.75 Å². The van der Waals surface area contributed by atoms with Crippen molar-refractivity contribution in [3.05, 3.63) is 83.4 Å². The number of hydrogen-bond acceptors (Lipinski definition) is 7. The first-order valence-corrected chi connectivity index (χ1v) is 16.3. The molecule has 6 rings (SSSR count). The quantitative estimate of drug-likeness (QED) is 0.307. The topological polar surface area (TPSA) is 122 Å². The Hall–Kier alpha value is -4.10. The maximum atomic E-state index is 14.4. The molecule has 13 heteroatoms. The molecule has 46 heavy (non-hydrogen) atoms. The lowest BCUT2D eigenvalue weighted by Crippen LogP contribution is -2.56. The summed E-state index contributed by atoms with van der Waals surface area (Å²) in [6, 6.07) is 16.0. The number of fused-ring (bicyclic) bond motifs is 2. The van der Waals surface area contributed by atoms with E-state index in [1.165, 1.54) is 54.9 Å². The molecule has 3 aromatic rings. The third kappa shape index (κ3) is 5.28. The molecule has 0 radical (unpaired) electrons. The Morgan fingerprint density at radius 3 is 2.26 bits per heavy atom. The zero-order valence-electron chi connectivity index (χ0n) is 25.1. The lowest BCUT2D eigenvalue weighted by atomic mass is 9.61. The molecule has 2 N–H and O–H groups in total. The van der Waals surface area contributed by atoms with Crippen LogP contribution >= 0.6 is 0 Å². The molecule has 3 aromatic carbocycles. The Balaban J connectivity index is 1.45. The first kappa shape index (κ1) is 31.9. The van der Waals surface area contributed by atoms with Crippen molar-refractivity contribution in [2.75, 3.05) is 23.8 Å². The van der Waals surface area contributed by atoms with Gasteiger partial charge in [0.1, 0.15) is 5.75 Å². The summed E-state index contributed by atoms with van der Waals surface area (Å²) in [6.45, 7) is 0. The summed E-state index contributed by atoms with van der Waals surface area (Å²) < 4.78 is 82.0. The zero-order valence-corrected chi connectivity index (χ0v) is 26.0. The number of carbonyl (C=O) groups is 2. The molecule has 244 valence electrons. The summed E-state index contributed by atoms with van der Waals surface area (Å²) in [5, 5.41) is 13.4. The monoisotopic (exact) mass is 658 g/mol. The number of nitrogens with zero attached hydrogens (tertiary/aromatic N) is 1. The highest BCUT2D eigenvalue weighted by atomic mass is 32.2. The molecule has 0 bridgehead atoms. The molecule has 1 heterocycles. The number of carbonyl (C=O) groups excluding carboxylic acids is 2. The second-order valence-electron chi connectivity index (χ2n) is 12.2. The number of rotatable bonds is 7. The summed E-state index contributed by atoms with van der Waals surface area (Å²) >= 11 is 0. The van der Waals surface area contributed by atoms with Gasteiger partial charge in [0.15, 0.2) is 5.60 Å². The van der Waals surface area contributed by atoms with Gasteiger partial charge in [0.05, 0.1) is 36.4 Å². The Kier molecular flexibility index (Phi) is 7.83. The van der Waals surface area contributed by atoms with Gasteiger partial charge < -0.3 is 19.9 Å². The van der Waals surface area contributed by atoms with Crippen LogP contribution in [0.1, 0.15) is 64.8 Å². The molecule has 1 spiro atoms. The van der Waals surface area contributed by atoms with Gasteiger partial charge in [-0.05, 0) is 98.5 Å². The minimum atomic E-state index is -4.85. The number of benzene rings is 3. The summed E-state index contributed by atoms with van der Waals surface area (Å²) in [6.07, 6.45) is -4.94. The number of halogens is 3. The van der Waals surface area contributed by atoms with Crippen molar-refractivity contribution in [3.63, 3.8) is 0 Å². The maximum Gasteiger partial charge on any atom is 0.417 e. The van der Waals surface area contributed by atoms with Gasteiger partial charge >= 0.3 is 12.1 Å². The molecule has 2 fully saturated rings. The molecule has 2 aliphatic carbocycles. The summed E-state index contributed by atoms with van der Waals surface area (Å²) in [7, 11) is -1.59. The number of nitrogens with one attached hydrogen (secondary N) is 1. The van der Waals surface area contributed by atoms with Crippen LogP contribution in [-0.2, 0) is 20.2 Å². The smallest absolute Gasteiger partial charge is 0.417 e. The van der Waals surface area contributed by atoms with Gasteiger partial charge in [0.2, 0.25) is 0 Å². The van der Waals surface area contributed by atoms with Crippen molar-refractivity contribution in [2.45, 2.75) is 66.7 Å². The van der Waals surface area contributed by atoms with E-state index in [9.17, 15) is 36.3 Å². The van der Waals surface area contributed by atoms with Gasteiger partial charge in [-0.15, -0.1) is 0 Å². The zero-order chi connectivity index (χ0) is 33.1. The fourth-order valence-corrected chi connectivity index (χ4v) is 8.85. The maximum absolute atomic E-state index is 14.4. The minimum Gasteiger partial charge on any atom is -0.497 e. The van der Waals surface area contributed by atoms with Crippen LogP contribution in [0.15, 0.2) is 71.6 Å². The number of esters is 1. The number of anilines is 2. The van der Waals surface area contributed by atoms with Gasteiger partial charge in [-0.3, -0.25) is 9.10 Å². The molecule has 1 amide bonds. The minimum absolute atomic E-state index is 0.0320. The second kappa shape index (κ2) is 11.3. The number of sulfonamides is 1. The second-order valence-corrected chi connectivity index (χ2v) is 14.0. The van der Waals surface area contributed by atoms with Crippen LogP contribution in [0.3, 0.4) is 0 Å². The van der Waals surface area contributed by atoms with Crippen LogP contribution in [-0.4, -0.2) is 57.4 Å².